The third-order valence-corrected chi connectivity index (χ3v) is 4.06. The van der Waals surface area contributed by atoms with Gasteiger partial charge in [0.2, 0.25) is 5.91 Å². The zero-order valence-electron chi connectivity index (χ0n) is 14.9. The van der Waals surface area contributed by atoms with Gasteiger partial charge in [0.05, 0.1) is 5.69 Å². The van der Waals surface area contributed by atoms with E-state index in [1.165, 1.54) is 4.90 Å². The molecule has 0 bridgehead atoms. The van der Waals surface area contributed by atoms with Gasteiger partial charge < -0.3 is 10.2 Å². The Morgan fingerprint density at radius 1 is 1.25 bits per heavy atom. The molecule has 0 aliphatic heterocycles. The molecule has 128 valence electrons. The van der Waals surface area contributed by atoms with Crippen molar-refractivity contribution in [1.29, 1.82) is 0 Å². The number of hydrogen-bond donors (Lipinski definition) is 1. The Hall–Kier alpha value is -2.63. The van der Waals surface area contributed by atoms with Crippen molar-refractivity contribution in [3.05, 3.63) is 46.8 Å². The number of carbonyl (C=O) groups is 2. The van der Waals surface area contributed by atoms with Crippen molar-refractivity contribution in [2.24, 2.45) is 7.05 Å². The maximum Gasteiger partial charge on any atom is 0.253 e. The van der Waals surface area contributed by atoms with Crippen LogP contribution < -0.4 is 5.32 Å². The molecule has 0 aliphatic carbocycles. The Morgan fingerprint density at radius 3 is 2.54 bits per heavy atom. The van der Waals surface area contributed by atoms with Gasteiger partial charge in [0.25, 0.3) is 5.91 Å². The monoisotopic (exact) mass is 328 g/mol. The normalized spacial score (nSPS) is 10.5. The van der Waals surface area contributed by atoms with Gasteiger partial charge in [0.1, 0.15) is 0 Å². The van der Waals surface area contributed by atoms with Crippen LogP contribution in [0.3, 0.4) is 0 Å². The molecule has 0 saturated heterocycles. The van der Waals surface area contributed by atoms with Crippen LogP contribution in [0.25, 0.3) is 0 Å². The molecule has 0 unspecified atom stereocenters. The number of nitrogens with one attached hydrogen (secondary N) is 1. The lowest BCUT2D eigenvalue weighted by atomic mass is 10.1. The smallest absolute Gasteiger partial charge is 0.253 e. The predicted molar refractivity (Wildman–Crippen MR) is 94.1 cm³/mol. The van der Waals surface area contributed by atoms with Gasteiger partial charge in [0.15, 0.2) is 0 Å². The van der Waals surface area contributed by atoms with Gasteiger partial charge in [0, 0.05) is 44.5 Å². The summed E-state index contributed by atoms with van der Waals surface area (Å²) in [7, 11) is 5.30. The fourth-order valence-electron chi connectivity index (χ4n) is 2.63. The van der Waals surface area contributed by atoms with Crippen molar-refractivity contribution in [2.75, 3.05) is 19.4 Å². The van der Waals surface area contributed by atoms with Gasteiger partial charge in [-0.15, -0.1) is 0 Å². The first-order valence-corrected chi connectivity index (χ1v) is 7.90. The van der Waals surface area contributed by atoms with Crippen LogP contribution in [0.5, 0.6) is 0 Å². The fraction of sp³-hybridized carbons (Fsp3) is 0.389. The highest BCUT2D eigenvalue weighted by atomic mass is 16.2. The second-order valence-electron chi connectivity index (χ2n) is 6.10. The molecule has 6 heteroatoms. The van der Waals surface area contributed by atoms with Crippen molar-refractivity contribution < 1.29 is 9.59 Å². The van der Waals surface area contributed by atoms with Crippen molar-refractivity contribution in [3.63, 3.8) is 0 Å². The third-order valence-electron chi connectivity index (χ3n) is 4.06. The SMILES string of the molecule is Cc1nn(C)c(C)c1CCC(=O)Nc1cccc(C(=O)N(C)C)c1. The summed E-state index contributed by atoms with van der Waals surface area (Å²) in [5.41, 5.74) is 4.34. The van der Waals surface area contributed by atoms with Crippen LogP contribution in [0.2, 0.25) is 0 Å². The Bertz CT molecular complexity index is 762. The number of aromatic nitrogens is 2. The summed E-state index contributed by atoms with van der Waals surface area (Å²) in [5, 5.41) is 7.22. The van der Waals surface area contributed by atoms with Gasteiger partial charge in [-0.1, -0.05) is 6.07 Å². The molecule has 0 fully saturated rings. The van der Waals surface area contributed by atoms with E-state index in [2.05, 4.69) is 10.4 Å². The second kappa shape index (κ2) is 7.29. The topological polar surface area (TPSA) is 67.2 Å². The molecule has 24 heavy (non-hydrogen) atoms. The first-order valence-electron chi connectivity index (χ1n) is 7.90. The zero-order valence-corrected chi connectivity index (χ0v) is 14.9. The van der Waals surface area contributed by atoms with Crippen LogP contribution in [-0.4, -0.2) is 40.6 Å². The van der Waals surface area contributed by atoms with E-state index in [-0.39, 0.29) is 11.8 Å². The molecule has 1 aromatic carbocycles. The number of anilines is 1. The lowest BCUT2D eigenvalue weighted by molar-refractivity contribution is -0.116. The summed E-state index contributed by atoms with van der Waals surface area (Å²) in [6.07, 6.45) is 1.02. The molecule has 0 radical (unpaired) electrons. The van der Waals surface area contributed by atoms with Crippen LogP contribution in [-0.2, 0) is 18.3 Å². The Morgan fingerprint density at radius 2 is 1.96 bits per heavy atom. The third kappa shape index (κ3) is 4.01. The summed E-state index contributed by atoms with van der Waals surface area (Å²) < 4.78 is 1.83. The van der Waals surface area contributed by atoms with Crippen LogP contribution in [0.4, 0.5) is 5.69 Å². The van der Waals surface area contributed by atoms with Crippen molar-refractivity contribution >= 4 is 17.5 Å². The first-order chi connectivity index (χ1) is 11.3. The predicted octanol–water partition coefficient (Wildman–Crippen LogP) is 2.31. The van der Waals surface area contributed by atoms with Gasteiger partial charge in [-0.3, -0.25) is 14.3 Å². The van der Waals surface area contributed by atoms with E-state index in [1.54, 1.807) is 38.4 Å². The number of carbonyl (C=O) groups excluding carboxylic acids is 2. The largest absolute Gasteiger partial charge is 0.345 e. The van der Waals surface area contributed by atoms with Crippen molar-refractivity contribution in [1.82, 2.24) is 14.7 Å². The van der Waals surface area contributed by atoms with Crippen LogP contribution in [0.1, 0.15) is 33.7 Å². The first kappa shape index (κ1) is 17.7. The van der Waals surface area contributed by atoms with E-state index >= 15 is 0 Å². The molecule has 6 nitrogen and oxygen atoms in total. The summed E-state index contributed by atoms with van der Waals surface area (Å²) in [4.78, 5) is 25.7. The highest BCUT2D eigenvalue weighted by Crippen LogP contribution is 2.16. The molecule has 2 aromatic rings. The van der Waals surface area contributed by atoms with Crippen LogP contribution >= 0.6 is 0 Å². The second-order valence-corrected chi connectivity index (χ2v) is 6.10. The number of nitrogens with zero attached hydrogens (tertiary/aromatic N) is 3. The van der Waals surface area contributed by atoms with E-state index in [1.807, 2.05) is 25.6 Å². The van der Waals surface area contributed by atoms with Crippen molar-refractivity contribution in [3.8, 4) is 0 Å². The molecule has 0 spiro atoms. The molecule has 1 N–H and O–H groups in total. The van der Waals surface area contributed by atoms with Gasteiger partial charge in [-0.05, 0) is 44.0 Å². The number of rotatable bonds is 5. The quantitative estimate of drug-likeness (QED) is 0.916. The molecule has 2 amide bonds. The van der Waals surface area contributed by atoms with E-state index in [0.29, 0.717) is 24.1 Å². The number of aryl methyl sites for hydroxylation is 2. The average molecular weight is 328 g/mol. The molecule has 1 heterocycles. The number of benzene rings is 1. The standard InChI is InChI=1S/C18H24N4O2/c1-12-16(13(2)22(5)20-12)9-10-17(23)19-15-8-6-7-14(11-15)18(24)21(3)4/h6-8,11H,9-10H2,1-5H3,(H,19,23). The Labute approximate surface area is 142 Å². The molecular weight excluding hydrogens is 304 g/mol. The molecule has 1 aromatic heterocycles. The minimum Gasteiger partial charge on any atom is -0.345 e. The van der Waals surface area contributed by atoms with E-state index in [0.717, 1.165) is 17.0 Å². The van der Waals surface area contributed by atoms with E-state index < -0.39 is 0 Å². The highest BCUT2D eigenvalue weighted by Gasteiger charge is 2.12. The molecular formula is C18H24N4O2. The van der Waals surface area contributed by atoms with Crippen LogP contribution in [0, 0.1) is 13.8 Å². The lowest BCUT2D eigenvalue weighted by Gasteiger charge is -2.11. The summed E-state index contributed by atoms with van der Waals surface area (Å²) >= 11 is 0. The zero-order chi connectivity index (χ0) is 17.9. The minimum atomic E-state index is -0.0901. The van der Waals surface area contributed by atoms with Gasteiger partial charge in [-0.25, -0.2) is 0 Å². The van der Waals surface area contributed by atoms with E-state index in [4.69, 9.17) is 0 Å². The molecule has 0 aliphatic rings. The Balaban J connectivity index is 2.00. The summed E-state index contributed by atoms with van der Waals surface area (Å²) in [6.45, 7) is 3.96. The average Bonchev–Trinajstić information content (AvgIpc) is 2.77. The summed E-state index contributed by atoms with van der Waals surface area (Å²) in [6, 6.07) is 6.98. The maximum atomic E-state index is 12.2. The molecule has 2 rings (SSSR count). The molecule has 0 saturated carbocycles. The van der Waals surface area contributed by atoms with Gasteiger partial charge in [-0.2, -0.15) is 5.10 Å². The Kier molecular flexibility index (Phi) is 5.39. The minimum absolute atomic E-state index is 0.0768. The van der Waals surface area contributed by atoms with Crippen LogP contribution in [0.15, 0.2) is 24.3 Å². The van der Waals surface area contributed by atoms with Crippen molar-refractivity contribution in [2.45, 2.75) is 26.7 Å². The summed E-state index contributed by atoms with van der Waals surface area (Å²) in [5.74, 6) is -0.167. The maximum absolute atomic E-state index is 12.2. The highest BCUT2D eigenvalue weighted by molar-refractivity contribution is 5.97. The number of hydrogen-bond acceptors (Lipinski definition) is 3. The number of amides is 2. The molecule has 0 atom stereocenters. The van der Waals surface area contributed by atoms with E-state index in [9.17, 15) is 9.59 Å². The lowest BCUT2D eigenvalue weighted by Crippen LogP contribution is -2.22. The fourth-order valence-corrected chi connectivity index (χ4v) is 2.63. The van der Waals surface area contributed by atoms with Gasteiger partial charge >= 0.3 is 0 Å².